The summed E-state index contributed by atoms with van der Waals surface area (Å²) in [5.74, 6) is 2.81. The van der Waals surface area contributed by atoms with E-state index in [0.717, 1.165) is 36.3 Å². The second-order valence-corrected chi connectivity index (χ2v) is 6.14. The molecular formula is C16H20N8. The van der Waals surface area contributed by atoms with Crippen LogP contribution in [0.15, 0.2) is 6.07 Å². The highest BCUT2D eigenvalue weighted by molar-refractivity contribution is 5.64. The molecule has 24 heavy (non-hydrogen) atoms. The summed E-state index contributed by atoms with van der Waals surface area (Å²) >= 11 is 0. The standard InChI is InChI=1S/C16H20N8/c1-11-10-12(2)24-15(17-11)18-13(20-24)6-7-14-19-16(21-22(14)3)23-8-4-5-9-23/h6-7,10H,4-5,8-9H2,1-3H3/b7-6+. The lowest BCUT2D eigenvalue weighted by Crippen LogP contribution is -2.19. The molecule has 8 nitrogen and oxygen atoms in total. The van der Waals surface area contributed by atoms with Gasteiger partial charge >= 0.3 is 0 Å². The number of nitrogens with zero attached hydrogens (tertiary/aromatic N) is 8. The lowest BCUT2D eigenvalue weighted by atomic mass is 10.4. The van der Waals surface area contributed by atoms with E-state index in [1.807, 2.05) is 39.1 Å². The highest BCUT2D eigenvalue weighted by atomic mass is 15.4. The van der Waals surface area contributed by atoms with Crippen molar-refractivity contribution in [3.63, 3.8) is 0 Å². The van der Waals surface area contributed by atoms with Gasteiger partial charge in [0, 0.05) is 31.5 Å². The SMILES string of the molecule is Cc1cc(C)n2nc(/C=C/c3nc(N4CCCC4)nn3C)nc2n1. The predicted octanol–water partition coefficient (Wildman–Crippen LogP) is 1.64. The first kappa shape index (κ1) is 14.8. The Balaban J connectivity index is 1.62. The number of hydrogen-bond donors (Lipinski definition) is 0. The average molecular weight is 324 g/mol. The van der Waals surface area contributed by atoms with Crippen molar-refractivity contribution in [3.05, 3.63) is 29.1 Å². The van der Waals surface area contributed by atoms with Gasteiger partial charge in [-0.1, -0.05) is 0 Å². The first-order chi connectivity index (χ1) is 11.6. The largest absolute Gasteiger partial charge is 0.340 e. The molecule has 1 aliphatic rings. The third kappa shape index (κ3) is 2.64. The van der Waals surface area contributed by atoms with E-state index in [2.05, 4.69) is 30.0 Å². The number of aryl methyl sites for hydroxylation is 3. The number of rotatable bonds is 3. The maximum Gasteiger partial charge on any atom is 0.253 e. The van der Waals surface area contributed by atoms with Crippen LogP contribution in [0.5, 0.6) is 0 Å². The van der Waals surface area contributed by atoms with Gasteiger partial charge in [0.2, 0.25) is 5.95 Å². The van der Waals surface area contributed by atoms with Crippen molar-refractivity contribution in [2.75, 3.05) is 18.0 Å². The van der Waals surface area contributed by atoms with E-state index in [-0.39, 0.29) is 0 Å². The quantitative estimate of drug-likeness (QED) is 0.729. The molecule has 0 aromatic carbocycles. The second-order valence-electron chi connectivity index (χ2n) is 6.14. The van der Waals surface area contributed by atoms with Crippen molar-refractivity contribution >= 4 is 23.9 Å². The minimum absolute atomic E-state index is 0.613. The van der Waals surface area contributed by atoms with Crippen LogP contribution < -0.4 is 4.90 Å². The molecule has 3 aromatic rings. The molecule has 0 aliphatic carbocycles. The first-order valence-corrected chi connectivity index (χ1v) is 8.15. The fraction of sp³-hybridized carbons (Fsp3) is 0.438. The lowest BCUT2D eigenvalue weighted by Gasteiger charge is -2.10. The molecule has 4 heterocycles. The van der Waals surface area contributed by atoms with Crippen LogP contribution in [-0.4, -0.2) is 47.4 Å². The van der Waals surface area contributed by atoms with Crippen LogP contribution in [0.25, 0.3) is 17.9 Å². The van der Waals surface area contributed by atoms with Crippen molar-refractivity contribution in [3.8, 4) is 0 Å². The van der Waals surface area contributed by atoms with Gasteiger partial charge in [-0.05, 0) is 44.9 Å². The smallest absolute Gasteiger partial charge is 0.253 e. The zero-order valence-electron chi connectivity index (χ0n) is 14.1. The van der Waals surface area contributed by atoms with Crippen LogP contribution in [0.2, 0.25) is 0 Å². The third-order valence-electron chi connectivity index (χ3n) is 4.19. The molecule has 1 aliphatic heterocycles. The van der Waals surface area contributed by atoms with Gasteiger partial charge in [0.25, 0.3) is 5.78 Å². The Morgan fingerprint density at radius 2 is 1.79 bits per heavy atom. The van der Waals surface area contributed by atoms with E-state index in [4.69, 9.17) is 0 Å². The molecule has 0 atom stereocenters. The van der Waals surface area contributed by atoms with Gasteiger partial charge in [0.05, 0.1) is 0 Å². The van der Waals surface area contributed by atoms with E-state index < -0.39 is 0 Å². The van der Waals surface area contributed by atoms with Gasteiger partial charge < -0.3 is 4.90 Å². The van der Waals surface area contributed by atoms with E-state index in [9.17, 15) is 0 Å². The molecule has 124 valence electrons. The summed E-state index contributed by atoms with van der Waals surface area (Å²) < 4.78 is 3.53. The Kier molecular flexibility index (Phi) is 3.51. The normalized spacial score (nSPS) is 15.2. The molecule has 0 radical (unpaired) electrons. The van der Waals surface area contributed by atoms with Gasteiger partial charge in [0.1, 0.15) is 0 Å². The van der Waals surface area contributed by atoms with Crippen LogP contribution in [0.1, 0.15) is 35.9 Å². The van der Waals surface area contributed by atoms with E-state index >= 15 is 0 Å². The maximum atomic E-state index is 4.61. The summed E-state index contributed by atoms with van der Waals surface area (Å²) in [4.78, 5) is 15.7. The lowest BCUT2D eigenvalue weighted by molar-refractivity contribution is 0.747. The topological polar surface area (TPSA) is 77.0 Å². The number of fused-ring (bicyclic) bond motifs is 1. The Morgan fingerprint density at radius 3 is 2.58 bits per heavy atom. The monoisotopic (exact) mass is 324 g/mol. The highest BCUT2D eigenvalue weighted by Gasteiger charge is 2.17. The Hall–Kier alpha value is -2.77. The minimum Gasteiger partial charge on any atom is -0.340 e. The van der Waals surface area contributed by atoms with Gasteiger partial charge in [-0.15, -0.1) is 10.2 Å². The van der Waals surface area contributed by atoms with E-state index in [1.54, 1.807) is 9.20 Å². The molecule has 1 fully saturated rings. The Labute approximate surface area is 139 Å². The van der Waals surface area contributed by atoms with Crippen molar-refractivity contribution in [2.24, 2.45) is 7.05 Å². The summed E-state index contributed by atoms with van der Waals surface area (Å²) in [7, 11) is 1.90. The van der Waals surface area contributed by atoms with Gasteiger partial charge in [-0.25, -0.2) is 14.2 Å². The van der Waals surface area contributed by atoms with Gasteiger partial charge in [-0.2, -0.15) is 9.97 Å². The minimum atomic E-state index is 0.613. The summed E-state index contributed by atoms with van der Waals surface area (Å²) in [5, 5.41) is 8.97. The average Bonchev–Trinajstić information content (AvgIpc) is 3.24. The first-order valence-electron chi connectivity index (χ1n) is 8.15. The number of aromatic nitrogens is 7. The number of hydrogen-bond acceptors (Lipinski definition) is 6. The second kappa shape index (κ2) is 5.70. The summed E-state index contributed by atoms with van der Waals surface area (Å²) in [6.07, 6.45) is 6.16. The fourth-order valence-corrected chi connectivity index (χ4v) is 2.98. The van der Waals surface area contributed by atoms with Gasteiger partial charge in [0.15, 0.2) is 11.6 Å². The van der Waals surface area contributed by atoms with Crippen molar-refractivity contribution in [2.45, 2.75) is 26.7 Å². The van der Waals surface area contributed by atoms with Crippen molar-refractivity contribution in [1.29, 1.82) is 0 Å². The van der Waals surface area contributed by atoms with Crippen molar-refractivity contribution in [1.82, 2.24) is 34.3 Å². The molecule has 8 heteroatoms. The molecule has 1 saturated heterocycles. The molecule has 4 rings (SSSR count). The molecule has 0 spiro atoms. The highest BCUT2D eigenvalue weighted by Crippen LogP contribution is 2.17. The van der Waals surface area contributed by atoms with Crippen LogP contribution in [-0.2, 0) is 7.05 Å². The Bertz CT molecular complexity index is 914. The summed E-state index contributed by atoms with van der Waals surface area (Å²) in [5.41, 5.74) is 1.95. The molecule has 0 bridgehead atoms. The van der Waals surface area contributed by atoms with Crippen LogP contribution in [0.4, 0.5) is 5.95 Å². The zero-order valence-corrected chi connectivity index (χ0v) is 14.1. The van der Waals surface area contributed by atoms with Crippen LogP contribution >= 0.6 is 0 Å². The molecule has 0 amide bonds. The van der Waals surface area contributed by atoms with Crippen LogP contribution in [0, 0.1) is 13.8 Å². The molecular weight excluding hydrogens is 304 g/mol. The Morgan fingerprint density at radius 1 is 1.00 bits per heavy atom. The molecule has 3 aromatic heterocycles. The third-order valence-corrected chi connectivity index (χ3v) is 4.19. The van der Waals surface area contributed by atoms with E-state index in [0.29, 0.717) is 11.6 Å². The molecule has 0 saturated carbocycles. The zero-order chi connectivity index (χ0) is 16.7. The number of anilines is 1. The molecule has 0 unspecified atom stereocenters. The van der Waals surface area contributed by atoms with Crippen LogP contribution in [0.3, 0.4) is 0 Å². The van der Waals surface area contributed by atoms with Gasteiger partial charge in [-0.3, -0.25) is 0 Å². The predicted molar refractivity (Wildman–Crippen MR) is 91.6 cm³/mol. The van der Waals surface area contributed by atoms with Crippen molar-refractivity contribution < 1.29 is 0 Å². The molecule has 0 N–H and O–H groups in total. The summed E-state index contributed by atoms with van der Waals surface area (Å²) in [6.45, 7) is 6.02. The maximum absolute atomic E-state index is 4.61. The summed E-state index contributed by atoms with van der Waals surface area (Å²) in [6, 6.07) is 1.99. The fourth-order valence-electron chi connectivity index (χ4n) is 2.98. The van der Waals surface area contributed by atoms with E-state index in [1.165, 1.54) is 12.8 Å².